The zero-order valence-corrected chi connectivity index (χ0v) is 11.9. The van der Waals surface area contributed by atoms with Crippen molar-refractivity contribution in [2.24, 2.45) is 5.41 Å². The molecule has 1 saturated heterocycles. The largest absolute Gasteiger partial charge is 0.399 e. The summed E-state index contributed by atoms with van der Waals surface area (Å²) in [6.45, 7) is 9.45. The van der Waals surface area contributed by atoms with E-state index in [1.54, 1.807) is 0 Å². The fourth-order valence-electron chi connectivity index (χ4n) is 2.83. The second kappa shape index (κ2) is 5.31. The van der Waals surface area contributed by atoms with Crippen molar-refractivity contribution >= 4 is 5.69 Å². The first-order chi connectivity index (χ1) is 8.54. The summed E-state index contributed by atoms with van der Waals surface area (Å²) in [6.07, 6.45) is 3.93. The summed E-state index contributed by atoms with van der Waals surface area (Å²) in [6, 6.07) is 8.80. The number of piperidine rings is 1. The minimum absolute atomic E-state index is 0.481. The minimum Gasteiger partial charge on any atom is -0.399 e. The fourth-order valence-corrected chi connectivity index (χ4v) is 2.83. The summed E-state index contributed by atoms with van der Waals surface area (Å²) < 4.78 is 0. The molecule has 100 valence electrons. The molecule has 2 N–H and O–H groups in total. The molecule has 1 aliphatic rings. The van der Waals surface area contributed by atoms with Gasteiger partial charge in [-0.3, -0.25) is 4.90 Å². The Morgan fingerprint density at radius 2 is 2.00 bits per heavy atom. The smallest absolute Gasteiger partial charge is 0.0320 e. The van der Waals surface area contributed by atoms with Gasteiger partial charge in [0.2, 0.25) is 0 Å². The van der Waals surface area contributed by atoms with Gasteiger partial charge >= 0.3 is 0 Å². The van der Waals surface area contributed by atoms with E-state index in [4.69, 9.17) is 5.73 Å². The Kier molecular flexibility index (Phi) is 3.96. The van der Waals surface area contributed by atoms with Crippen molar-refractivity contribution in [3.05, 3.63) is 29.8 Å². The van der Waals surface area contributed by atoms with Crippen LogP contribution in [0.1, 0.15) is 51.6 Å². The number of hydrogen-bond acceptors (Lipinski definition) is 2. The first-order valence-corrected chi connectivity index (χ1v) is 7.13. The number of anilines is 1. The van der Waals surface area contributed by atoms with Crippen molar-refractivity contribution in [1.29, 1.82) is 0 Å². The van der Waals surface area contributed by atoms with Crippen molar-refractivity contribution in [3.8, 4) is 0 Å². The van der Waals surface area contributed by atoms with E-state index in [9.17, 15) is 0 Å². The minimum atomic E-state index is 0.481. The molecule has 1 aromatic rings. The lowest BCUT2D eigenvalue weighted by atomic mass is 9.78. The molecular formula is C16H26N2. The Morgan fingerprint density at radius 3 is 2.56 bits per heavy atom. The molecule has 2 rings (SSSR count). The molecule has 1 unspecified atom stereocenters. The van der Waals surface area contributed by atoms with Crippen LogP contribution < -0.4 is 5.73 Å². The molecule has 0 aliphatic carbocycles. The Balaban J connectivity index is 2.01. The molecular weight excluding hydrogens is 220 g/mol. The summed E-state index contributed by atoms with van der Waals surface area (Å²) in [5.74, 6) is 0. The SMILES string of the molecule is CCC1(C)CCN(C(C)c2cccc(N)c2)CC1. The molecule has 0 bridgehead atoms. The number of hydrogen-bond donors (Lipinski definition) is 1. The molecule has 0 amide bonds. The molecule has 1 aliphatic heterocycles. The van der Waals surface area contributed by atoms with Gasteiger partial charge in [0.15, 0.2) is 0 Å². The zero-order chi connectivity index (χ0) is 13.2. The fraction of sp³-hybridized carbons (Fsp3) is 0.625. The summed E-state index contributed by atoms with van der Waals surface area (Å²) in [5, 5.41) is 0. The van der Waals surface area contributed by atoms with E-state index in [0.717, 1.165) is 5.69 Å². The quantitative estimate of drug-likeness (QED) is 0.821. The maximum Gasteiger partial charge on any atom is 0.0320 e. The molecule has 2 heteroatoms. The molecule has 0 spiro atoms. The van der Waals surface area contributed by atoms with Crippen LogP contribution in [-0.2, 0) is 0 Å². The second-order valence-corrected chi connectivity index (χ2v) is 6.05. The van der Waals surface area contributed by atoms with Gasteiger partial charge < -0.3 is 5.73 Å². The first-order valence-electron chi connectivity index (χ1n) is 7.13. The van der Waals surface area contributed by atoms with E-state index in [1.807, 2.05) is 6.07 Å². The molecule has 1 aromatic carbocycles. The van der Waals surface area contributed by atoms with E-state index in [2.05, 4.69) is 43.9 Å². The first kappa shape index (κ1) is 13.4. The number of nitrogen functional groups attached to an aromatic ring is 1. The van der Waals surface area contributed by atoms with Crippen LogP contribution in [0.25, 0.3) is 0 Å². The zero-order valence-electron chi connectivity index (χ0n) is 11.9. The van der Waals surface area contributed by atoms with Gasteiger partial charge in [0.25, 0.3) is 0 Å². The Morgan fingerprint density at radius 1 is 1.33 bits per heavy atom. The predicted octanol–water partition coefficient (Wildman–Crippen LogP) is 3.84. The van der Waals surface area contributed by atoms with Crippen LogP contribution in [0.5, 0.6) is 0 Å². The van der Waals surface area contributed by atoms with Crippen LogP contribution in [0.4, 0.5) is 5.69 Å². The van der Waals surface area contributed by atoms with Crippen LogP contribution in [-0.4, -0.2) is 18.0 Å². The highest BCUT2D eigenvalue weighted by Gasteiger charge is 2.30. The van der Waals surface area contributed by atoms with Gasteiger partial charge in [-0.1, -0.05) is 32.4 Å². The topological polar surface area (TPSA) is 29.3 Å². The molecule has 18 heavy (non-hydrogen) atoms. The summed E-state index contributed by atoms with van der Waals surface area (Å²) in [5.41, 5.74) is 8.65. The normalized spacial score (nSPS) is 21.7. The second-order valence-electron chi connectivity index (χ2n) is 6.05. The van der Waals surface area contributed by atoms with Crippen LogP contribution in [0.15, 0.2) is 24.3 Å². The van der Waals surface area contributed by atoms with Gasteiger partial charge in [0.1, 0.15) is 0 Å². The van der Waals surface area contributed by atoms with Crippen LogP contribution in [0.3, 0.4) is 0 Å². The maximum absolute atomic E-state index is 5.87. The van der Waals surface area contributed by atoms with Crippen LogP contribution in [0.2, 0.25) is 0 Å². The van der Waals surface area contributed by atoms with Crippen molar-refractivity contribution in [2.75, 3.05) is 18.8 Å². The van der Waals surface area contributed by atoms with E-state index in [-0.39, 0.29) is 0 Å². The Labute approximate surface area is 111 Å². The van der Waals surface area contributed by atoms with E-state index in [0.29, 0.717) is 11.5 Å². The maximum atomic E-state index is 5.87. The summed E-state index contributed by atoms with van der Waals surface area (Å²) in [4.78, 5) is 2.59. The Bertz CT molecular complexity index is 392. The third-order valence-electron chi connectivity index (χ3n) is 4.80. The molecule has 1 atom stereocenters. The van der Waals surface area contributed by atoms with E-state index >= 15 is 0 Å². The number of benzene rings is 1. The number of likely N-dealkylation sites (tertiary alicyclic amines) is 1. The lowest BCUT2D eigenvalue weighted by Gasteiger charge is -2.41. The van der Waals surface area contributed by atoms with Crippen molar-refractivity contribution < 1.29 is 0 Å². The van der Waals surface area contributed by atoms with Gasteiger partial charge in [-0.2, -0.15) is 0 Å². The lowest BCUT2D eigenvalue weighted by molar-refractivity contribution is 0.0864. The Hall–Kier alpha value is -1.02. The van der Waals surface area contributed by atoms with Gasteiger partial charge in [0.05, 0.1) is 0 Å². The van der Waals surface area contributed by atoms with Gasteiger partial charge in [0, 0.05) is 11.7 Å². The number of nitrogens with zero attached hydrogens (tertiary/aromatic N) is 1. The third-order valence-corrected chi connectivity index (χ3v) is 4.80. The number of rotatable bonds is 3. The van der Waals surface area contributed by atoms with Crippen LogP contribution >= 0.6 is 0 Å². The van der Waals surface area contributed by atoms with Crippen molar-refractivity contribution in [1.82, 2.24) is 4.90 Å². The third kappa shape index (κ3) is 2.86. The average Bonchev–Trinajstić information content (AvgIpc) is 2.39. The molecule has 0 aromatic heterocycles. The molecule has 1 heterocycles. The molecule has 2 nitrogen and oxygen atoms in total. The highest BCUT2D eigenvalue weighted by atomic mass is 15.2. The highest BCUT2D eigenvalue weighted by molar-refractivity contribution is 5.41. The highest BCUT2D eigenvalue weighted by Crippen LogP contribution is 2.36. The lowest BCUT2D eigenvalue weighted by Crippen LogP contribution is -2.39. The van der Waals surface area contributed by atoms with E-state index < -0.39 is 0 Å². The monoisotopic (exact) mass is 246 g/mol. The van der Waals surface area contributed by atoms with E-state index in [1.165, 1.54) is 37.9 Å². The summed E-state index contributed by atoms with van der Waals surface area (Å²) >= 11 is 0. The summed E-state index contributed by atoms with van der Waals surface area (Å²) in [7, 11) is 0. The van der Waals surface area contributed by atoms with Crippen LogP contribution in [0, 0.1) is 5.41 Å². The standard InChI is InChI=1S/C16H26N2/c1-4-16(3)8-10-18(11-9-16)13(2)14-6-5-7-15(17)12-14/h5-7,12-13H,4,8-11,17H2,1-3H3. The van der Waals surface area contributed by atoms with Gasteiger partial charge in [-0.15, -0.1) is 0 Å². The molecule has 1 fully saturated rings. The molecule has 0 radical (unpaired) electrons. The predicted molar refractivity (Wildman–Crippen MR) is 78.5 cm³/mol. The van der Waals surface area contributed by atoms with Gasteiger partial charge in [-0.25, -0.2) is 0 Å². The average molecular weight is 246 g/mol. The van der Waals surface area contributed by atoms with Crippen molar-refractivity contribution in [2.45, 2.75) is 46.1 Å². The van der Waals surface area contributed by atoms with Gasteiger partial charge in [-0.05, 0) is 56.0 Å². The molecule has 0 saturated carbocycles. The van der Waals surface area contributed by atoms with Crippen molar-refractivity contribution in [3.63, 3.8) is 0 Å². The number of nitrogens with two attached hydrogens (primary N) is 1.